The van der Waals surface area contributed by atoms with Crippen molar-refractivity contribution in [3.8, 4) is 0 Å². The molecule has 0 bridgehead atoms. The lowest BCUT2D eigenvalue weighted by atomic mass is 10.0. The van der Waals surface area contributed by atoms with Crippen molar-refractivity contribution < 1.29 is 0 Å². The first kappa shape index (κ1) is 10.0. The van der Waals surface area contributed by atoms with E-state index in [9.17, 15) is 0 Å². The predicted octanol–water partition coefficient (Wildman–Crippen LogP) is 4.75. The lowest BCUT2D eigenvalue weighted by molar-refractivity contribution is 0.651. The number of hydrogen-bond donors (Lipinski definition) is 0. The highest BCUT2D eigenvalue weighted by Crippen LogP contribution is 2.29. The average molecular weight is 225 g/mol. The molecule has 14 heavy (non-hydrogen) atoms. The van der Waals surface area contributed by atoms with Crippen LogP contribution in [0, 0.1) is 5.92 Å². The highest BCUT2D eigenvalue weighted by atomic mass is 35.5. The Morgan fingerprint density at radius 1 is 1.36 bits per heavy atom. The van der Waals surface area contributed by atoms with Gasteiger partial charge in [0.1, 0.15) is 0 Å². The maximum Gasteiger partial charge on any atom is 0.0413 e. The van der Waals surface area contributed by atoms with Gasteiger partial charge in [0.05, 0.1) is 0 Å². The quantitative estimate of drug-likeness (QED) is 0.691. The highest BCUT2D eigenvalue weighted by Gasteiger charge is 2.06. The Hall–Kier alpha value is -0.530. The number of rotatable bonds is 2. The largest absolute Gasteiger partial charge is 0.144 e. The van der Waals surface area contributed by atoms with Gasteiger partial charge in [-0.25, -0.2) is 0 Å². The molecule has 0 spiro atoms. The van der Waals surface area contributed by atoms with E-state index in [4.69, 9.17) is 11.6 Å². The second-order valence-electron chi connectivity index (χ2n) is 4.00. The summed E-state index contributed by atoms with van der Waals surface area (Å²) in [5, 5.41) is 4.41. The van der Waals surface area contributed by atoms with Crippen molar-refractivity contribution in [2.45, 2.75) is 20.3 Å². The Labute approximate surface area is 93.5 Å². The van der Waals surface area contributed by atoms with Crippen LogP contribution in [-0.4, -0.2) is 0 Å². The van der Waals surface area contributed by atoms with Crippen LogP contribution in [0.2, 0.25) is 5.02 Å². The summed E-state index contributed by atoms with van der Waals surface area (Å²) in [5.74, 6) is 0.701. The number of thiophene rings is 1. The molecular weight excluding hydrogens is 212 g/mol. The van der Waals surface area contributed by atoms with Gasteiger partial charge in [0, 0.05) is 9.72 Å². The van der Waals surface area contributed by atoms with Crippen LogP contribution in [0.3, 0.4) is 0 Å². The maximum atomic E-state index is 5.99. The van der Waals surface area contributed by atoms with Crippen molar-refractivity contribution in [2.75, 3.05) is 0 Å². The minimum absolute atomic E-state index is 0.701. The molecule has 0 amide bonds. The van der Waals surface area contributed by atoms with Crippen molar-refractivity contribution >= 4 is 33.0 Å². The molecule has 0 atom stereocenters. The summed E-state index contributed by atoms with van der Waals surface area (Å²) in [6.45, 7) is 4.49. The molecule has 0 aliphatic rings. The van der Waals surface area contributed by atoms with Gasteiger partial charge in [-0.2, -0.15) is 0 Å². The van der Waals surface area contributed by atoms with E-state index in [1.54, 1.807) is 11.3 Å². The summed E-state index contributed by atoms with van der Waals surface area (Å²) in [6.07, 6.45) is 1.14. The zero-order valence-corrected chi connectivity index (χ0v) is 9.95. The Kier molecular flexibility index (Phi) is 2.80. The fraction of sp³-hybridized carbons (Fsp3) is 0.333. The molecular formula is C12H13ClS. The van der Waals surface area contributed by atoms with E-state index >= 15 is 0 Å². The number of benzene rings is 1. The van der Waals surface area contributed by atoms with Crippen LogP contribution >= 0.6 is 22.9 Å². The standard InChI is InChI=1S/C12H13ClS/c1-8(2)5-9-7-14-12-4-3-10(13)6-11(9)12/h3-4,6-8H,5H2,1-2H3. The average Bonchev–Trinajstić information content (AvgIpc) is 2.47. The van der Waals surface area contributed by atoms with Gasteiger partial charge in [-0.1, -0.05) is 25.4 Å². The monoisotopic (exact) mass is 224 g/mol. The maximum absolute atomic E-state index is 5.99. The summed E-state index contributed by atoms with van der Waals surface area (Å²) < 4.78 is 1.34. The topological polar surface area (TPSA) is 0 Å². The molecule has 1 aromatic heterocycles. The molecule has 0 N–H and O–H groups in total. The first-order chi connectivity index (χ1) is 6.66. The molecule has 0 saturated carbocycles. The molecule has 1 heterocycles. The van der Waals surface area contributed by atoms with Gasteiger partial charge < -0.3 is 0 Å². The third-order valence-electron chi connectivity index (χ3n) is 2.24. The predicted molar refractivity (Wildman–Crippen MR) is 65.4 cm³/mol. The van der Waals surface area contributed by atoms with Crippen LogP contribution in [0.4, 0.5) is 0 Å². The van der Waals surface area contributed by atoms with Gasteiger partial charge in [-0.3, -0.25) is 0 Å². The van der Waals surface area contributed by atoms with Gasteiger partial charge in [0.2, 0.25) is 0 Å². The molecule has 0 aliphatic carbocycles. The lowest BCUT2D eigenvalue weighted by Gasteiger charge is -2.02. The number of fused-ring (bicyclic) bond motifs is 1. The molecule has 0 saturated heterocycles. The summed E-state index contributed by atoms with van der Waals surface area (Å²) in [4.78, 5) is 0. The van der Waals surface area contributed by atoms with E-state index in [-0.39, 0.29) is 0 Å². The Bertz CT molecular complexity index is 443. The molecule has 1 aromatic carbocycles. The van der Waals surface area contributed by atoms with Crippen molar-refractivity contribution in [1.82, 2.24) is 0 Å². The van der Waals surface area contributed by atoms with Crippen LogP contribution in [-0.2, 0) is 6.42 Å². The molecule has 0 fully saturated rings. The molecule has 2 heteroatoms. The highest BCUT2D eigenvalue weighted by molar-refractivity contribution is 7.17. The summed E-state index contributed by atoms with van der Waals surface area (Å²) in [6, 6.07) is 6.14. The van der Waals surface area contributed by atoms with Gasteiger partial charge in [-0.05, 0) is 46.9 Å². The van der Waals surface area contributed by atoms with E-state index < -0.39 is 0 Å². The Balaban J connectivity index is 2.50. The molecule has 2 rings (SSSR count). The second-order valence-corrected chi connectivity index (χ2v) is 5.35. The number of hydrogen-bond acceptors (Lipinski definition) is 1. The lowest BCUT2D eigenvalue weighted by Crippen LogP contribution is -1.91. The van der Waals surface area contributed by atoms with Crippen LogP contribution in [0.5, 0.6) is 0 Å². The second kappa shape index (κ2) is 3.92. The molecule has 0 aliphatic heterocycles. The van der Waals surface area contributed by atoms with Crippen molar-refractivity contribution in [3.63, 3.8) is 0 Å². The van der Waals surface area contributed by atoms with Crippen molar-refractivity contribution in [3.05, 3.63) is 34.2 Å². The van der Waals surface area contributed by atoms with E-state index in [2.05, 4.69) is 31.4 Å². The van der Waals surface area contributed by atoms with Crippen molar-refractivity contribution in [2.24, 2.45) is 5.92 Å². The van der Waals surface area contributed by atoms with E-state index in [0.29, 0.717) is 5.92 Å². The molecule has 0 radical (unpaired) electrons. The summed E-state index contributed by atoms with van der Waals surface area (Å²) in [7, 11) is 0. The normalized spacial score (nSPS) is 11.4. The van der Waals surface area contributed by atoms with E-state index in [1.807, 2.05) is 6.07 Å². The SMILES string of the molecule is CC(C)Cc1csc2ccc(Cl)cc12. The van der Waals surface area contributed by atoms with Crippen LogP contribution in [0.1, 0.15) is 19.4 Å². The fourth-order valence-electron chi connectivity index (χ4n) is 1.65. The van der Waals surface area contributed by atoms with Crippen LogP contribution in [0.15, 0.2) is 23.6 Å². The minimum Gasteiger partial charge on any atom is -0.144 e. The summed E-state index contributed by atoms with van der Waals surface area (Å²) in [5.41, 5.74) is 1.43. The van der Waals surface area contributed by atoms with Gasteiger partial charge >= 0.3 is 0 Å². The van der Waals surface area contributed by atoms with Gasteiger partial charge in [0.25, 0.3) is 0 Å². The molecule has 2 aromatic rings. The molecule has 0 nitrogen and oxygen atoms in total. The first-order valence-electron chi connectivity index (χ1n) is 4.82. The first-order valence-corrected chi connectivity index (χ1v) is 6.08. The molecule has 74 valence electrons. The van der Waals surface area contributed by atoms with Crippen LogP contribution in [0.25, 0.3) is 10.1 Å². The zero-order valence-electron chi connectivity index (χ0n) is 8.38. The van der Waals surface area contributed by atoms with E-state index in [0.717, 1.165) is 11.4 Å². The van der Waals surface area contributed by atoms with Crippen LogP contribution < -0.4 is 0 Å². The fourth-order valence-corrected chi connectivity index (χ4v) is 2.78. The third kappa shape index (κ3) is 1.94. The minimum atomic E-state index is 0.701. The van der Waals surface area contributed by atoms with Gasteiger partial charge in [-0.15, -0.1) is 11.3 Å². The van der Waals surface area contributed by atoms with E-state index in [1.165, 1.54) is 15.6 Å². The molecule has 0 unspecified atom stereocenters. The smallest absolute Gasteiger partial charge is 0.0413 e. The Morgan fingerprint density at radius 3 is 2.86 bits per heavy atom. The number of halogens is 1. The Morgan fingerprint density at radius 2 is 2.14 bits per heavy atom. The zero-order chi connectivity index (χ0) is 10.1. The van der Waals surface area contributed by atoms with Gasteiger partial charge in [0.15, 0.2) is 0 Å². The summed E-state index contributed by atoms with van der Waals surface area (Å²) >= 11 is 7.79. The van der Waals surface area contributed by atoms with Crippen molar-refractivity contribution in [1.29, 1.82) is 0 Å². The third-order valence-corrected chi connectivity index (χ3v) is 3.49.